The highest BCUT2D eigenvalue weighted by atomic mass is 35.5. The van der Waals surface area contributed by atoms with Crippen LogP contribution in [-0.2, 0) is 15.9 Å². The Kier molecular flexibility index (Phi) is 3.48. The minimum Gasteiger partial charge on any atom is -0.208 e. The zero-order valence-corrected chi connectivity index (χ0v) is 11.5. The quantitative estimate of drug-likeness (QED) is 0.857. The van der Waals surface area contributed by atoms with Gasteiger partial charge in [0, 0.05) is 11.9 Å². The summed E-state index contributed by atoms with van der Waals surface area (Å²) < 4.78 is 26.9. The van der Waals surface area contributed by atoms with E-state index in [4.69, 9.17) is 11.6 Å². The molecule has 0 unspecified atom stereocenters. The lowest BCUT2D eigenvalue weighted by Gasteiger charge is -2.12. The third-order valence-electron chi connectivity index (χ3n) is 2.97. The smallest absolute Gasteiger partial charge is 0.208 e. The van der Waals surface area contributed by atoms with Crippen LogP contribution in [0.5, 0.6) is 0 Å². The Balaban J connectivity index is 2.43. The third kappa shape index (κ3) is 2.81. The Hall–Kier alpha value is -0.580. The Morgan fingerprint density at radius 2 is 1.94 bits per heavy atom. The summed E-state index contributed by atoms with van der Waals surface area (Å²) in [6.45, 7) is 3.75. The molecule has 17 heavy (non-hydrogen) atoms. The van der Waals surface area contributed by atoms with Crippen molar-refractivity contribution < 1.29 is 8.42 Å². The molecule has 0 aliphatic heterocycles. The molecule has 1 aliphatic rings. The number of sulfonamides is 1. The Bertz CT molecular complexity index is 536. The van der Waals surface area contributed by atoms with Gasteiger partial charge < -0.3 is 0 Å². The molecule has 0 bridgehead atoms. The molecule has 0 heterocycles. The van der Waals surface area contributed by atoms with E-state index in [2.05, 4.69) is 4.72 Å². The highest BCUT2D eigenvalue weighted by Crippen LogP contribution is 2.25. The van der Waals surface area contributed by atoms with Crippen molar-refractivity contribution in [1.82, 2.24) is 4.72 Å². The van der Waals surface area contributed by atoms with Crippen LogP contribution in [-0.4, -0.2) is 14.5 Å². The summed E-state index contributed by atoms with van der Waals surface area (Å²) in [6.07, 6.45) is 1.87. The number of nitrogens with one attached hydrogen (secondary N) is 1. The van der Waals surface area contributed by atoms with E-state index in [-0.39, 0.29) is 6.04 Å². The van der Waals surface area contributed by atoms with Crippen molar-refractivity contribution in [3.8, 4) is 0 Å². The second-order valence-corrected chi connectivity index (χ2v) is 6.52. The molecule has 0 atom stereocenters. The van der Waals surface area contributed by atoms with Crippen LogP contribution in [0.25, 0.3) is 0 Å². The molecule has 5 heteroatoms. The molecule has 1 aromatic carbocycles. The fourth-order valence-corrected chi connectivity index (χ4v) is 3.66. The maximum Gasteiger partial charge on any atom is 0.241 e. The molecule has 0 amide bonds. The Labute approximate surface area is 107 Å². The molecule has 1 saturated carbocycles. The maximum atomic E-state index is 12.1. The summed E-state index contributed by atoms with van der Waals surface area (Å²) in [7, 11) is -3.39. The average Bonchev–Trinajstić information content (AvgIpc) is 3.00. The largest absolute Gasteiger partial charge is 0.241 e. The van der Waals surface area contributed by atoms with E-state index < -0.39 is 10.0 Å². The number of benzene rings is 1. The van der Waals surface area contributed by atoms with Gasteiger partial charge in [0.05, 0.1) is 4.90 Å². The molecule has 0 saturated heterocycles. The summed E-state index contributed by atoms with van der Waals surface area (Å²) in [5.41, 5.74) is 2.67. The van der Waals surface area contributed by atoms with Crippen LogP contribution in [0.4, 0.5) is 0 Å². The van der Waals surface area contributed by atoms with E-state index in [0.717, 1.165) is 29.5 Å². The summed E-state index contributed by atoms with van der Waals surface area (Å²) in [6, 6.07) is 3.68. The van der Waals surface area contributed by atoms with Gasteiger partial charge in [0.15, 0.2) is 0 Å². The van der Waals surface area contributed by atoms with Crippen LogP contribution in [0.3, 0.4) is 0 Å². The normalized spacial score (nSPS) is 16.2. The lowest BCUT2D eigenvalue weighted by atomic mass is 10.1. The van der Waals surface area contributed by atoms with Crippen molar-refractivity contribution in [2.24, 2.45) is 0 Å². The average molecular weight is 274 g/mol. The predicted molar refractivity (Wildman–Crippen MR) is 68.8 cm³/mol. The summed E-state index contributed by atoms with van der Waals surface area (Å²) in [5, 5.41) is 0. The molecule has 0 spiro atoms. The molecular weight excluding hydrogens is 258 g/mol. The van der Waals surface area contributed by atoms with Gasteiger partial charge in [-0.25, -0.2) is 13.1 Å². The van der Waals surface area contributed by atoms with Crippen molar-refractivity contribution in [2.45, 2.75) is 43.5 Å². The van der Waals surface area contributed by atoms with Gasteiger partial charge in [-0.2, -0.15) is 0 Å². The van der Waals surface area contributed by atoms with Gasteiger partial charge >= 0.3 is 0 Å². The Morgan fingerprint density at radius 3 is 2.47 bits per heavy atom. The number of hydrogen-bond donors (Lipinski definition) is 1. The van der Waals surface area contributed by atoms with Crippen molar-refractivity contribution in [3.63, 3.8) is 0 Å². The van der Waals surface area contributed by atoms with Gasteiger partial charge in [-0.3, -0.25) is 0 Å². The van der Waals surface area contributed by atoms with E-state index in [1.165, 1.54) is 0 Å². The molecule has 94 valence electrons. The van der Waals surface area contributed by atoms with Crippen molar-refractivity contribution >= 4 is 21.6 Å². The molecule has 0 radical (unpaired) electrons. The van der Waals surface area contributed by atoms with Gasteiger partial charge in [0.25, 0.3) is 0 Å². The molecular formula is C12H16ClNO2S. The SMILES string of the molecule is Cc1cc(C)c(S(=O)(=O)NC2CC2)cc1CCl. The zero-order chi connectivity index (χ0) is 12.6. The molecule has 3 nitrogen and oxygen atoms in total. The fraction of sp³-hybridized carbons (Fsp3) is 0.500. The van der Waals surface area contributed by atoms with Crippen molar-refractivity contribution in [3.05, 3.63) is 28.8 Å². The molecule has 2 rings (SSSR count). The monoisotopic (exact) mass is 273 g/mol. The number of alkyl halides is 1. The van der Waals surface area contributed by atoms with E-state index in [1.54, 1.807) is 6.07 Å². The third-order valence-corrected chi connectivity index (χ3v) is 4.92. The standard InChI is InChI=1S/C12H16ClNO2S/c1-8-5-9(2)12(6-10(8)7-13)17(15,16)14-11-3-4-11/h5-6,11,14H,3-4,7H2,1-2H3. The first-order valence-electron chi connectivity index (χ1n) is 5.62. The highest BCUT2D eigenvalue weighted by Gasteiger charge is 2.29. The lowest BCUT2D eigenvalue weighted by molar-refractivity contribution is 0.580. The number of rotatable bonds is 4. The lowest BCUT2D eigenvalue weighted by Crippen LogP contribution is -2.26. The van der Waals surface area contributed by atoms with E-state index >= 15 is 0 Å². The second kappa shape index (κ2) is 4.59. The van der Waals surface area contributed by atoms with Crippen molar-refractivity contribution in [1.29, 1.82) is 0 Å². The minimum atomic E-state index is -3.39. The van der Waals surface area contributed by atoms with Gasteiger partial charge in [0.2, 0.25) is 10.0 Å². The first kappa shape index (κ1) is 12.9. The van der Waals surface area contributed by atoms with E-state index in [0.29, 0.717) is 10.8 Å². The topological polar surface area (TPSA) is 46.2 Å². The van der Waals surface area contributed by atoms with Gasteiger partial charge in [-0.1, -0.05) is 6.07 Å². The van der Waals surface area contributed by atoms with E-state index in [1.807, 2.05) is 19.9 Å². The summed E-state index contributed by atoms with van der Waals surface area (Å²) in [4.78, 5) is 0.352. The molecule has 1 aliphatic carbocycles. The predicted octanol–water partition coefficient (Wildman–Crippen LogP) is 2.48. The van der Waals surface area contributed by atoms with Crippen LogP contribution in [0.2, 0.25) is 0 Å². The van der Waals surface area contributed by atoms with Crippen LogP contribution in [0.1, 0.15) is 29.5 Å². The Morgan fingerprint density at radius 1 is 1.29 bits per heavy atom. The molecule has 1 aromatic rings. The van der Waals surface area contributed by atoms with Crippen LogP contribution in [0.15, 0.2) is 17.0 Å². The minimum absolute atomic E-state index is 0.125. The highest BCUT2D eigenvalue weighted by molar-refractivity contribution is 7.89. The van der Waals surface area contributed by atoms with Crippen molar-refractivity contribution in [2.75, 3.05) is 0 Å². The van der Waals surface area contributed by atoms with Crippen LogP contribution in [0, 0.1) is 13.8 Å². The van der Waals surface area contributed by atoms with Crippen LogP contribution < -0.4 is 4.72 Å². The van der Waals surface area contributed by atoms with Gasteiger partial charge in [-0.05, 0) is 49.4 Å². The van der Waals surface area contributed by atoms with Gasteiger partial charge in [0.1, 0.15) is 0 Å². The number of aryl methyl sites for hydroxylation is 2. The van der Waals surface area contributed by atoms with E-state index in [9.17, 15) is 8.42 Å². The first-order valence-corrected chi connectivity index (χ1v) is 7.64. The van der Waals surface area contributed by atoms with Crippen LogP contribution >= 0.6 is 11.6 Å². The maximum absolute atomic E-state index is 12.1. The summed E-state index contributed by atoms with van der Waals surface area (Å²) >= 11 is 5.81. The number of halogens is 1. The summed E-state index contributed by atoms with van der Waals surface area (Å²) in [5.74, 6) is 0.331. The molecule has 0 aromatic heterocycles. The molecule has 1 N–H and O–H groups in total. The zero-order valence-electron chi connectivity index (χ0n) is 9.96. The van der Waals surface area contributed by atoms with Gasteiger partial charge in [-0.15, -0.1) is 11.6 Å². The number of hydrogen-bond acceptors (Lipinski definition) is 2. The second-order valence-electron chi connectivity index (χ2n) is 4.57. The fourth-order valence-electron chi connectivity index (χ4n) is 1.79. The molecule has 1 fully saturated rings. The first-order chi connectivity index (χ1) is 7.94.